The van der Waals surface area contributed by atoms with Crippen molar-refractivity contribution in [2.45, 2.75) is 56.9 Å². The van der Waals surface area contributed by atoms with Crippen molar-refractivity contribution in [1.82, 2.24) is 0 Å². The molecule has 0 aromatic heterocycles. The molecule has 0 aliphatic carbocycles. The summed E-state index contributed by atoms with van der Waals surface area (Å²) in [4.78, 5) is 0. The van der Waals surface area contributed by atoms with Crippen molar-refractivity contribution in [3.8, 4) is 0 Å². The molecule has 0 aliphatic rings. The second-order valence-electron chi connectivity index (χ2n) is 4.33. The van der Waals surface area contributed by atoms with Crippen LogP contribution in [0.2, 0.25) is 0 Å². The van der Waals surface area contributed by atoms with Gasteiger partial charge >= 0.3 is 140 Å². The fraction of sp³-hybridized carbons (Fsp3) is 1.00. The third-order valence-electron chi connectivity index (χ3n) is 3.21. The van der Waals surface area contributed by atoms with E-state index in [1.807, 2.05) is 20.8 Å². The van der Waals surface area contributed by atoms with E-state index in [9.17, 15) is 0 Å². The molecule has 0 aliphatic heterocycles. The van der Waals surface area contributed by atoms with Gasteiger partial charge in [-0.15, -0.1) is 0 Å². The molecule has 18 heavy (non-hydrogen) atoms. The molecular weight excluding hydrogens is 397 g/mol. The van der Waals surface area contributed by atoms with Crippen molar-refractivity contribution < 1.29 is 0 Å². The average molecular weight is 416 g/mol. The summed E-state index contributed by atoms with van der Waals surface area (Å²) in [7, 11) is 0. The molecule has 0 bridgehead atoms. The Bertz CT molecular complexity index is 332. The van der Waals surface area contributed by atoms with Crippen molar-refractivity contribution in [2.75, 3.05) is 0 Å². The SMILES string of the molecule is CCC(Cl)(CC)P(Cl)(Cl)=NC(C)(CC)[PH](Cl)(Cl)Cl. The summed E-state index contributed by atoms with van der Waals surface area (Å²) in [6.45, 7) is 7.55. The van der Waals surface area contributed by atoms with Gasteiger partial charge in [-0.2, -0.15) is 0 Å². The van der Waals surface area contributed by atoms with Crippen LogP contribution in [0, 0.1) is 0 Å². The zero-order valence-corrected chi connectivity index (χ0v) is 17.2. The molecule has 0 rings (SSSR count). The van der Waals surface area contributed by atoms with Gasteiger partial charge in [-0.3, -0.25) is 0 Å². The molecule has 112 valence electrons. The van der Waals surface area contributed by atoms with Crippen LogP contribution >= 0.6 is 78.9 Å². The first-order valence-corrected chi connectivity index (χ1v) is 14.6. The van der Waals surface area contributed by atoms with Gasteiger partial charge < -0.3 is 0 Å². The summed E-state index contributed by atoms with van der Waals surface area (Å²) in [5.74, 6) is -2.78. The van der Waals surface area contributed by atoms with Crippen LogP contribution in [-0.2, 0) is 0 Å². The van der Waals surface area contributed by atoms with Crippen LogP contribution in [0.3, 0.4) is 0 Å². The van der Waals surface area contributed by atoms with E-state index >= 15 is 0 Å². The molecule has 0 heterocycles. The Morgan fingerprint density at radius 3 is 1.61 bits per heavy atom. The Labute approximate surface area is 140 Å². The first-order valence-electron chi connectivity index (χ1n) is 5.67. The topological polar surface area (TPSA) is 12.4 Å². The minimum atomic E-state index is -3.07. The predicted molar refractivity (Wildman–Crippen MR) is 94.8 cm³/mol. The van der Waals surface area contributed by atoms with Gasteiger partial charge in [0.1, 0.15) is 0 Å². The molecule has 1 nitrogen and oxygen atoms in total. The summed E-state index contributed by atoms with van der Waals surface area (Å²) in [5, 5.41) is -3.89. The monoisotopic (exact) mass is 413 g/mol. The van der Waals surface area contributed by atoms with Crippen molar-refractivity contribution in [3.05, 3.63) is 0 Å². The fourth-order valence-electron chi connectivity index (χ4n) is 1.33. The summed E-state index contributed by atoms with van der Waals surface area (Å²) >= 11 is 37.7. The third-order valence-corrected chi connectivity index (χ3v) is 15.2. The molecule has 0 spiro atoms. The van der Waals surface area contributed by atoms with Crippen LogP contribution in [-0.4, -0.2) is 9.90 Å². The zero-order valence-electron chi connectivity index (χ0n) is 10.8. The number of rotatable bonds is 6. The van der Waals surface area contributed by atoms with Crippen molar-refractivity contribution in [2.24, 2.45) is 4.74 Å². The van der Waals surface area contributed by atoms with E-state index in [0.717, 1.165) is 0 Å². The number of hydrogen-bond donors (Lipinski definition) is 0. The van der Waals surface area contributed by atoms with Crippen LogP contribution in [0.25, 0.3) is 0 Å². The maximum atomic E-state index is 6.49. The van der Waals surface area contributed by atoms with E-state index in [2.05, 4.69) is 4.74 Å². The Balaban J connectivity index is 5.78. The quantitative estimate of drug-likeness (QED) is 0.304. The van der Waals surface area contributed by atoms with Gasteiger partial charge in [0.15, 0.2) is 0 Å². The molecule has 9 heteroatoms. The van der Waals surface area contributed by atoms with Gasteiger partial charge in [0.2, 0.25) is 0 Å². The molecule has 0 aromatic rings. The number of halogens is 6. The zero-order chi connectivity index (χ0) is 14.8. The Hall–Kier alpha value is 2.40. The first-order chi connectivity index (χ1) is 7.89. The molecule has 0 radical (unpaired) electrons. The van der Waals surface area contributed by atoms with Crippen molar-refractivity contribution >= 4 is 78.9 Å². The van der Waals surface area contributed by atoms with Crippen LogP contribution in [0.15, 0.2) is 4.74 Å². The maximum absolute atomic E-state index is 6.49. The molecule has 0 aromatic carbocycles. The van der Waals surface area contributed by atoms with Gasteiger partial charge in [0.05, 0.1) is 0 Å². The summed E-state index contributed by atoms with van der Waals surface area (Å²) in [6, 6.07) is 0. The van der Waals surface area contributed by atoms with Crippen molar-refractivity contribution in [1.29, 1.82) is 0 Å². The van der Waals surface area contributed by atoms with Gasteiger partial charge in [0.25, 0.3) is 0 Å². The van der Waals surface area contributed by atoms with E-state index in [-0.39, 0.29) is 0 Å². The van der Waals surface area contributed by atoms with E-state index in [1.54, 1.807) is 6.92 Å². The molecule has 0 saturated carbocycles. The summed E-state index contributed by atoms with van der Waals surface area (Å²) in [5.41, 5.74) is 0. The van der Waals surface area contributed by atoms with E-state index in [0.29, 0.717) is 19.3 Å². The second kappa shape index (κ2) is 7.11. The van der Waals surface area contributed by atoms with Crippen LogP contribution in [0.1, 0.15) is 47.0 Å². The fourth-order valence-corrected chi connectivity index (χ4v) is 9.42. The van der Waals surface area contributed by atoms with E-state index in [4.69, 9.17) is 67.8 Å². The first kappa shape index (κ1) is 20.4. The summed E-state index contributed by atoms with van der Waals surface area (Å²) in [6.07, 6.45) is 1.81. The molecule has 0 N–H and O–H groups in total. The number of nitrogens with zero attached hydrogens (tertiary/aromatic N) is 1. The average Bonchev–Trinajstić information content (AvgIpc) is 2.25. The molecular formula is C9H19Cl6NP2. The van der Waals surface area contributed by atoms with E-state index in [1.165, 1.54) is 0 Å². The third kappa shape index (κ3) is 4.45. The van der Waals surface area contributed by atoms with Gasteiger partial charge in [-0.1, -0.05) is 0 Å². The van der Waals surface area contributed by atoms with Gasteiger partial charge in [-0.05, 0) is 0 Å². The molecule has 0 saturated heterocycles. The van der Waals surface area contributed by atoms with Gasteiger partial charge in [-0.25, -0.2) is 0 Å². The standard InChI is InChI=1S/C9H19Cl6NP2/c1-5-8(4,17(11,12)13)16-18(14,15)9(10,6-2)7-3/h17H,5-7H2,1-4H3. The summed E-state index contributed by atoms with van der Waals surface area (Å²) < 4.78 is 3.77. The Kier molecular flexibility index (Phi) is 8.05. The minimum absolute atomic E-state index is 0.567. The van der Waals surface area contributed by atoms with Crippen LogP contribution in [0.5, 0.6) is 0 Å². The van der Waals surface area contributed by atoms with Gasteiger partial charge in [0, 0.05) is 0 Å². The van der Waals surface area contributed by atoms with Crippen LogP contribution in [0.4, 0.5) is 0 Å². The van der Waals surface area contributed by atoms with Crippen LogP contribution < -0.4 is 0 Å². The van der Waals surface area contributed by atoms with E-state index < -0.39 is 21.0 Å². The molecule has 0 amide bonds. The molecule has 0 fully saturated rings. The van der Waals surface area contributed by atoms with Crippen molar-refractivity contribution in [3.63, 3.8) is 0 Å². The predicted octanol–water partition coefficient (Wildman–Crippen LogP) is 8.59. The second-order valence-corrected chi connectivity index (χ2v) is 19.7. The molecule has 1 atom stereocenters. The number of alkyl halides is 1. The number of hydrogen-bond acceptors (Lipinski definition) is 1. The molecule has 1 unspecified atom stereocenters. The normalized spacial score (nSPS) is 18.3. The Morgan fingerprint density at radius 1 is 1.00 bits per heavy atom. The Morgan fingerprint density at radius 2 is 1.39 bits per heavy atom.